The highest BCUT2D eigenvalue weighted by Gasteiger charge is 2.18. The van der Waals surface area contributed by atoms with Gasteiger partial charge in [-0.1, -0.05) is 115 Å². The molecule has 0 atom stereocenters. The SMILES string of the molecule is O=c1oc2cc(-c3cc(-c4ccccc4)cc(-c4ccccc4)c3)ccc2c2cccc(-c3cccc4oc5ccccc5c34)c12. The number of rotatable bonds is 4. The molecule has 0 unspecified atom stereocenters. The van der Waals surface area contributed by atoms with Crippen LogP contribution in [0.5, 0.6) is 0 Å². The van der Waals surface area contributed by atoms with E-state index in [-0.39, 0.29) is 5.63 Å². The van der Waals surface area contributed by atoms with E-state index in [9.17, 15) is 4.79 Å². The molecule has 7 aromatic carbocycles. The van der Waals surface area contributed by atoms with E-state index in [1.807, 2.05) is 66.7 Å². The molecule has 0 radical (unpaired) electrons. The van der Waals surface area contributed by atoms with Crippen molar-refractivity contribution in [2.75, 3.05) is 0 Å². The largest absolute Gasteiger partial charge is 0.456 e. The lowest BCUT2D eigenvalue weighted by molar-refractivity contribution is 0.570. The van der Waals surface area contributed by atoms with E-state index in [4.69, 9.17) is 8.83 Å². The van der Waals surface area contributed by atoms with Gasteiger partial charge in [-0.25, -0.2) is 4.79 Å². The summed E-state index contributed by atoms with van der Waals surface area (Å²) in [6.07, 6.45) is 0. The van der Waals surface area contributed by atoms with Gasteiger partial charge in [-0.15, -0.1) is 0 Å². The quantitative estimate of drug-likeness (QED) is 0.151. The van der Waals surface area contributed by atoms with Crippen molar-refractivity contribution in [2.45, 2.75) is 0 Å². The van der Waals surface area contributed by atoms with Crippen LogP contribution < -0.4 is 5.63 Å². The topological polar surface area (TPSA) is 43.4 Å². The van der Waals surface area contributed by atoms with E-state index in [1.54, 1.807) is 0 Å². The highest BCUT2D eigenvalue weighted by atomic mass is 16.4. The molecule has 9 aromatic rings. The zero-order chi connectivity index (χ0) is 30.6. The van der Waals surface area contributed by atoms with Crippen LogP contribution in [0.4, 0.5) is 0 Å². The minimum Gasteiger partial charge on any atom is -0.456 e. The Labute approximate surface area is 264 Å². The normalized spacial score (nSPS) is 11.6. The van der Waals surface area contributed by atoms with Crippen molar-refractivity contribution in [2.24, 2.45) is 0 Å². The number of hydrogen-bond acceptors (Lipinski definition) is 3. The molecule has 0 N–H and O–H groups in total. The number of benzene rings is 7. The third kappa shape index (κ3) is 4.25. The number of hydrogen-bond donors (Lipinski definition) is 0. The lowest BCUT2D eigenvalue weighted by Gasteiger charge is -2.13. The molecule has 0 saturated heterocycles. The fraction of sp³-hybridized carbons (Fsp3) is 0. The maximum atomic E-state index is 13.9. The summed E-state index contributed by atoms with van der Waals surface area (Å²) in [6.45, 7) is 0. The molecule has 0 saturated carbocycles. The van der Waals surface area contributed by atoms with Crippen LogP contribution in [0.15, 0.2) is 171 Å². The predicted octanol–water partition coefficient (Wildman–Crippen LogP) is 11.5. The minimum absolute atomic E-state index is 0.358. The fourth-order valence-corrected chi connectivity index (χ4v) is 6.77. The van der Waals surface area contributed by atoms with Crippen molar-refractivity contribution in [3.63, 3.8) is 0 Å². The summed E-state index contributed by atoms with van der Waals surface area (Å²) >= 11 is 0. The van der Waals surface area contributed by atoms with Gasteiger partial charge in [0.05, 0.1) is 5.39 Å². The molecule has 0 bridgehead atoms. The van der Waals surface area contributed by atoms with Gasteiger partial charge >= 0.3 is 5.63 Å². The zero-order valence-corrected chi connectivity index (χ0v) is 24.7. The molecule has 9 rings (SSSR count). The van der Waals surface area contributed by atoms with Gasteiger partial charge in [0.1, 0.15) is 16.7 Å². The summed E-state index contributed by atoms with van der Waals surface area (Å²) in [6, 6.07) is 53.7. The first-order chi connectivity index (χ1) is 22.7. The Morgan fingerprint density at radius 2 is 0.891 bits per heavy atom. The summed E-state index contributed by atoms with van der Waals surface area (Å²) in [5, 5.41) is 4.34. The molecule has 2 heterocycles. The molecule has 2 aromatic heterocycles. The highest BCUT2D eigenvalue weighted by molar-refractivity contribution is 6.17. The zero-order valence-electron chi connectivity index (χ0n) is 24.7. The monoisotopic (exact) mass is 590 g/mol. The summed E-state index contributed by atoms with van der Waals surface area (Å²) in [5.41, 5.74) is 10.2. The van der Waals surface area contributed by atoms with Gasteiger partial charge in [0.25, 0.3) is 0 Å². The molecule has 0 fully saturated rings. The average Bonchev–Trinajstić information content (AvgIpc) is 3.51. The molecular weight excluding hydrogens is 564 g/mol. The standard InChI is InChI=1S/C43H26O3/c44-43-42-34(16-9-17-36(42)35-18-10-20-39-41(35)37-15-7-8-19-38(37)45-39)33-22-21-29(26-40(33)46-43)32-24-30(27-11-3-1-4-12-27)23-31(25-32)28-13-5-2-6-14-28/h1-26H. The van der Waals surface area contributed by atoms with Gasteiger partial charge in [0.15, 0.2) is 0 Å². The first-order valence-corrected chi connectivity index (χ1v) is 15.4. The third-order valence-corrected chi connectivity index (χ3v) is 8.92. The van der Waals surface area contributed by atoms with E-state index < -0.39 is 0 Å². The van der Waals surface area contributed by atoms with Gasteiger partial charge in [0.2, 0.25) is 0 Å². The second-order valence-corrected chi connectivity index (χ2v) is 11.6. The first-order valence-electron chi connectivity index (χ1n) is 15.4. The van der Waals surface area contributed by atoms with Gasteiger partial charge in [-0.3, -0.25) is 0 Å². The van der Waals surface area contributed by atoms with Crippen molar-refractivity contribution in [1.82, 2.24) is 0 Å². The lowest BCUT2D eigenvalue weighted by Crippen LogP contribution is -2.02. The van der Waals surface area contributed by atoms with Crippen molar-refractivity contribution in [3.8, 4) is 44.5 Å². The molecule has 0 aliphatic carbocycles. The third-order valence-electron chi connectivity index (χ3n) is 8.92. The summed E-state index contributed by atoms with van der Waals surface area (Å²) in [4.78, 5) is 13.9. The number of fused-ring (bicyclic) bond motifs is 6. The fourth-order valence-electron chi connectivity index (χ4n) is 6.77. The van der Waals surface area contributed by atoms with E-state index >= 15 is 0 Å². The summed E-state index contributed by atoms with van der Waals surface area (Å²) in [7, 11) is 0. The number of para-hydroxylation sites is 1. The molecule has 3 nitrogen and oxygen atoms in total. The molecule has 3 heteroatoms. The maximum Gasteiger partial charge on any atom is 0.344 e. The van der Waals surface area contributed by atoms with Crippen LogP contribution in [-0.4, -0.2) is 0 Å². The van der Waals surface area contributed by atoms with E-state index in [2.05, 4.69) is 91.0 Å². The maximum absolute atomic E-state index is 13.9. The number of furan rings is 1. The molecule has 216 valence electrons. The van der Waals surface area contributed by atoms with Crippen molar-refractivity contribution >= 4 is 43.7 Å². The van der Waals surface area contributed by atoms with Crippen molar-refractivity contribution in [3.05, 3.63) is 168 Å². The Morgan fingerprint density at radius 1 is 0.326 bits per heavy atom. The van der Waals surface area contributed by atoms with Gasteiger partial charge in [-0.05, 0) is 87.0 Å². The Morgan fingerprint density at radius 3 is 1.61 bits per heavy atom. The van der Waals surface area contributed by atoms with Crippen molar-refractivity contribution in [1.29, 1.82) is 0 Å². The second kappa shape index (κ2) is 10.5. The summed E-state index contributed by atoms with van der Waals surface area (Å²) in [5.74, 6) is 0. The van der Waals surface area contributed by atoms with Crippen molar-refractivity contribution < 1.29 is 8.83 Å². The molecular formula is C43H26O3. The molecule has 46 heavy (non-hydrogen) atoms. The Kier molecular flexibility index (Phi) is 5.97. The van der Waals surface area contributed by atoms with Crippen LogP contribution in [0.2, 0.25) is 0 Å². The second-order valence-electron chi connectivity index (χ2n) is 11.6. The van der Waals surface area contributed by atoms with E-state index in [0.29, 0.717) is 11.0 Å². The van der Waals surface area contributed by atoms with Crippen LogP contribution in [0.25, 0.3) is 88.2 Å². The van der Waals surface area contributed by atoms with Gasteiger partial charge in [0, 0.05) is 21.5 Å². The molecule has 0 spiro atoms. The summed E-state index contributed by atoms with van der Waals surface area (Å²) < 4.78 is 12.3. The highest BCUT2D eigenvalue weighted by Crippen LogP contribution is 2.40. The van der Waals surface area contributed by atoms with Crippen LogP contribution in [0.1, 0.15) is 0 Å². The molecule has 0 aliphatic rings. The van der Waals surface area contributed by atoms with Crippen LogP contribution >= 0.6 is 0 Å². The molecule has 0 amide bonds. The Bertz CT molecular complexity index is 2590. The predicted molar refractivity (Wildman–Crippen MR) is 189 cm³/mol. The van der Waals surface area contributed by atoms with Crippen LogP contribution in [0.3, 0.4) is 0 Å². The Balaban J connectivity index is 1.24. The smallest absolute Gasteiger partial charge is 0.344 e. The van der Waals surface area contributed by atoms with E-state index in [0.717, 1.165) is 77.2 Å². The van der Waals surface area contributed by atoms with Crippen LogP contribution in [-0.2, 0) is 0 Å². The van der Waals surface area contributed by atoms with Gasteiger partial charge in [-0.2, -0.15) is 0 Å². The van der Waals surface area contributed by atoms with Crippen LogP contribution in [0, 0.1) is 0 Å². The lowest BCUT2D eigenvalue weighted by atomic mass is 9.92. The van der Waals surface area contributed by atoms with E-state index in [1.165, 1.54) is 0 Å². The average molecular weight is 591 g/mol. The Hall–Kier alpha value is -6.19. The molecule has 0 aliphatic heterocycles. The first kappa shape index (κ1) is 26.2. The van der Waals surface area contributed by atoms with Gasteiger partial charge < -0.3 is 8.83 Å². The minimum atomic E-state index is -0.358.